The lowest BCUT2D eigenvalue weighted by Crippen LogP contribution is -2.06. The number of carbonyl (C=O) groups excluding carboxylic acids is 2. The first-order valence-corrected chi connectivity index (χ1v) is 9.22. The van der Waals surface area contributed by atoms with Crippen LogP contribution in [0.5, 0.6) is 0 Å². The summed E-state index contributed by atoms with van der Waals surface area (Å²) in [5.41, 5.74) is 1.18. The molecule has 0 saturated carbocycles. The molecule has 26 heavy (non-hydrogen) atoms. The standard InChI is InChI=1S/C22H22O3S/c1-3-4-10-21(23)25-16-15-17(2)22(24)18-11-13-20(14-12-18)26-19-8-6-5-7-9-19/h3,5-9,11-15H,1,4,10,16H2,2H3/b17-15+. The Morgan fingerprint density at radius 3 is 2.35 bits per heavy atom. The zero-order chi connectivity index (χ0) is 18.8. The molecule has 0 saturated heterocycles. The van der Waals surface area contributed by atoms with E-state index in [1.807, 2.05) is 54.6 Å². The number of Topliss-reactive ketones (excluding diaryl/α,β-unsaturated/α-hetero) is 1. The second-order valence-electron chi connectivity index (χ2n) is 5.67. The molecular weight excluding hydrogens is 344 g/mol. The Labute approximate surface area is 158 Å². The number of rotatable bonds is 9. The van der Waals surface area contributed by atoms with E-state index in [9.17, 15) is 9.59 Å². The number of ether oxygens (including phenoxy) is 1. The molecular formula is C22H22O3S. The maximum atomic E-state index is 12.4. The van der Waals surface area contributed by atoms with Crippen LogP contribution in [-0.2, 0) is 9.53 Å². The third kappa shape index (κ3) is 6.37. The van der Waals surface area contributed by atoms with Crippen LogP contribution in [0.3, 0.4) is 0 Å². The molecule has 0 amide bonds. The van der Waals surface area contributed by atoms with Gasteiger partial charge < -0.3 is 4.74 Å². The lowest BCUT2D eigenvalue weighted by atomic mass is 10.0. The number of hydrogen-bond donors (Lipinski definition) is 0. The minimum Gasteiger partial charge on any atom is -0.461 e. The van der Waals surface area contributed by atoms with Crippen molar-refractivity contribution in [2.45, 2.75) is 29.6 Å². The quantitative estimate of drug-likeness (QED) is 0.255. The predicted molar refractivity (Wildman–Crippen MR) is 105 cm³/mol. The molecule has 0 heterocycles. The Balaban J connectivity index is 1.90. The Morgan fingerprint density at radius 2 is 1.69 bits per heavy atom. The van der Waals surface area contributed by atoms with Crippen LogP contribution in [0.1, 0.15) is 30.1 Å². The minimum atomic E-state index is -0.288. The van der Waals surface area contributed by atoms with Crippen molar-refractivity contribution in [3.8, 4) is 0 Å². The number of esters is 1. The number of allylic oxidation sites excluding steroid dienone is 2. The number of benzene rings is 2. The van der Waals surface area contributed by atoms with E-state index in [4.69, 9.17) is 4.74 Å². The summed E-state index contributed by atoms with van der Waals surface area (Å²) in [5.74, 6) is -0.355. The van der Waals surface area contributed by atoms with Crippen LogP contribution in [-0.4, -0.2) is 18.4 Å². The number of carbonyl (C=O) groups is 2. The largest absolute Gasteiger partial charge is 0.461 e. The molecule has 0 atom stereocenters. The molecule has 0 N–H and O–H groups in total. The fourth-order valence-corrected chi connectivity index (χ4v) is 3.01. The van der Waals surface area contributed by atoms with E-state index in [-0.39, 0.29) is 18.4 Å². The van der Waals surface area contributed by atoms with Gasteiger partial charge in [-0.2, -0.15) is 0 Å². The van der Waals surface area contributed by atoms with E-state index in [0.29, 0.717) is 24.0 Å². The van der Waals surface area contributed by atoms with E-state index in [0.717, 1.165) is 9.79 Å². The summed E-state index contributed by atoms with van der Waals surface area (Å²) >= 11 is 1.65. The Bertz CT molecular complexity index is 777. The molecule has 0 unspecified atom stereocenters. The van der Waals surface area contributed by atoms with Gasteiger partial charge in [-0.15, -0.1) is 6.58 Å². The predicted octanol–water partition coefficient (Wildman–Crippen LogP) is 5.48. The molecule has 134 valence electrons. The van der Waals surface area contributed by atoms with Gasteiger partial charge in [0.25, 0.3) is 0 Å². The molecule has 0 bridgehead atoms. The van der Waals surface area contributed by atoms with Crippen molar-refractivity contribution < 1.29 is 14.3 Å². The smallest absolute Gasteiger partial charge is 0.306 e. The molecule has 0 aliphatic rings. The highest BCUT2D eigenvalue weighted by Gasteiger charge is 2.09. The van der Waals surface area contributed by atoms with Crippen LogP contribution in [0.2, 0.25) is 0 Å². The number of hydrogen-bond acceptors (Lipinski definition) is 4. The zero-order valence-electron chi connectivity index (χ0n) is 14.8. The van der Waals surface area contributed by atoms with Crippen LogP contribution in [0.15, 0.2) is 88.7 Å². The summed E-state index contributed by atoms with van der Waals surface area (Å²) in [4.78, 5) is 26.1. The highest BCUT2D eigenvalue weighted by molar-refractivity contribution is 7.99. The van der Waals surface area contributed by atoms with E-state index >= 15 is 0 Å². The molecule has 4 heteroatoms. The van der Waals surface area contributed by atoms with Crippen LogP contribution in [0.4, 0.5) is 0 Å². The normalized spacial score (nSPS) is 11.0. The monoisotopic (exact) mass is 366 g/mol. The minimum absolute atomic E-state index is 0.0663. The molecule has 0 aliphatic carbocycles. The first kappa shape index (κ1) is 19.7. The Hall–Kier alpha value is -2.59. The van der Waals surface area contributed by atoms with Crippen molar-refractivity contribution in [3.05, 3.63) is 84.5 Å². The van der Waals surface area contributed by atoms with Crippen molar-refractivity contribution in [2.75, 3.05) is 6.61 Å². The maximum Gasteiger partial charge on any atom is 0.306 e. The van der Waals surface area contributed by atoms with Gasteiger partial charge in [0.2, 0.25) is 0 Å². The molecule has 3 nitrogen and oxygen atoms in total. The first-order chi connectivity index (χ1) is 12.6. The second-order valence-corrected chi connectivity index (χ2v) is 6.81. The van der Waals surface area contributed by atoms with Crippen LogP contribution >= 0.6 is 11.8 Å². The fourth-order valence-electron chi connectivity index (χ4n) is 2.17. The first-order valence-electron chi connectivity index (χ1n) is 8.41. The highest BCUT2D eigenvalue weighted by atomic mass is 32.2. The lowest BCUT2D eigenvalue weighted by molar-refractivity contribution is -0.142. The van der Waals surface area contributed by atoms with Crippen molar-refractivity contribution in [2.24, 2.45) is 0 Å². The summed E-state index contributed by atoms with van der Waals surface area (Å²) in [7, 11) is 0. The molecule has 0 aromatic heterocycles. The lowest BCUT2D eigenvalue weighted by Gasteiger charge is -2.05. The van der Waals surface area contributed by atoms with E-state index in [1.54, 1.807) is 30.8 Å². The summed E-state index contributed by atoms with van der Waals surface area (Å²) in [6.45, 7) is 5.40. The van der Waals surface area contributed by atoms with Crippen LogP contribution in [0.25, 0.3) is 0 Å². The third-order valence-corrected chi connectivity index (χ3v) is 4.66. The third-order valence-electron chi connectivity index (χ3n) is 3.64. The van der Waals surface area contributed by atoms with Gasteiger partial charge in [0, 0.05) is 21.8 Å². The van der Waals surface area contributed by atoms with E-state index < -0.39 is 0 Å². The topological polar surface area (TPSA) is 43.4 Å². The molecule has 2 aromatic rings. The van der Waals surface area contributed by atoms with Crippen molar-refractivity contribution in [3.63, 3.8) is 0 Å². The molecule has 0 fully saturated rings. The highest BCUT2D eigenvalue weighted by Crippen LogP contribution is 2.27. The number of ketones is 1. The fraction of sp³-hybridized carbons (Fsp3) is 0.182. The molecule has 2 rings (SSSR count). The van der Waals surface area contributed by atoms with Gasteiger partial charge in [0.15, 0.2) is 5.78 Å². The second kappa shape index (κ2) is 10.4. The Morgan fingerprint density at radius 1 is 1.04 bits per heavy atom. The average Bonchev–Trinajstić information content (AvgIpc) is 2.67. The van der Waals surface area contributed by atoms with Gasteiger partial charge >= 0.3 is 5.97 Å². The summed E-state index contributed by atoms with van der Waals surface area (Å²) < 4.78 is 5.07. The van der Waals surface area contributed by atoms with Crippen LogP contribution in [0, 0.1) is 0 Å². The van der Waals surface area contributed by atoms with Gasteiger partial charge in [-0.05, 0) is 61.4 Å². The van der Waals surface area contributed by atoms with Crippen molar-refractivity contribution >= 4 is 23.5 Å². The van der Waals surface area contributed by atoms with Crippen LogP contribution < -0.4 is 0 Å². The van der Waals surface area contributed by atoms with Gasteiger partial charge in [0.1, 0.15) is 6.61 Å². The van der Waals surface area contributed by atoms with E-state index in [2.05, 4.69) is 6.58 Å². The summed E-state index contributed by atoms with van der Waals surface area (Å²) in [6, 6.07) is 17.6. The van der Waals surface area contributed by atoms with E-state index in [1.165, 1.54) is 0 Å². The molecule has 0 spiro atoms. The SMILES string of the molecule is C=CCCC(=O)OC/C=C(\C)C(=O)c1ccc(Sc2ccccc2)cc1. The zero-order valence-corrected chi connectivity index (χ0v) is 15.6. The summed E-state index contributed by atoms with van der Waals surface area (Å²) in [6.07, 6.45) is 4.21. The molecule has 0 aliphatic heterocycles. The van der Waals surface area contributed by atoms with Crippen molar-refractivity contribution in [1.29, 1.82) is 0 Å². The maximum absolute atomic E-state index is 12.4. The van der Waals surface area contributed by atoms with Crippen molar-refractivity contribution in [1.82, 2.24) is 0 Å². The Kier molecular flexibility index (Phi) is 7.90. The average molecular weight is 366 g/mol. The van der Waals surface area contributed by atoms with Gasteiger partial charge in [0.05, 0.1) is 0 Å². The molecule has 2 aromatic carbocycles. The summed E-state index contributed by atoms with van der Waals surface area (Å²) in [5, 5.41) is 0. The van der Waals surface area contributed by atoms with Gasteiger partial charge in [-0.1, -0.05) is 36.0 Å². The molecule has 0 radical (unpaired) electrons. The van der Waals surface area contributed by atoms with Gasteiger partial charge in [-0.3, -0.25) is 9.59 Å². The van der Waals surface area contributed by atoms with Gasteiger partial charge in [-0.25, -0.2) is 0 Å².